The van der Waals surface area contributed by atoms with Crippen molar-refractivity contribution in [1.29, 1.82) is 0 Å². The summed E-state index contributed by atoms with van der Waals surface area (Å²) in [7, 11) is 1.76. The summed E-state index contributed by atoms with van der Waals surface area (Å²) >= 11 is 0. The molecule has 0 unspecified atom stereocenters. The van der Waals surface area contributed by atoms with Gasteiger partial charge in [0.05, 0.1) is 0 Å². The van der Waals surface area contributed by atoms with Crippen molar-refractivity contribution < 1.29 is 0 Å². The number of nitrogens with zero attached hydrogens (tertiary/aromatic N) is 1. The quantitative estimate of drug-likeness (QED) is 0.350. The third kappa shape index (κ3) is 1.75. The Hall–Kier alpha value is -0.540. The second-order valence-corrected chi connectivity index (χ2v) is 0.923. The lowest BCUT2D eigenvalue weighted by atomic mass is 11.0. The standard InChI is InChI=1S/C3H9N3/c1-3-6(2)5-4/h3,5H,1,4H2,2H3. The first-order chi connectivity index (χ1) is 2.81. The van der Waals surface area contributed by atoms with Crippen LogP contribution in [-0.2, 0) is 0 Å². The highest BCUT2D eigenvalue weighted by atomic mass is 15.6. The van der Waals surface area contributed by atoms with Crippen LogP contribution in [0.4, 0.5) is 0 Å². The molecule has 0 radical (unpaired) electrons. The third-order valence-electron chi connectivity index (χ3n) is 0.477. The highest BCUT2D eigenvalue weighted by Gasteiger charge is 1.72. The van der Waals surface area contributed by atoms with E-state index in [2.05, 4.69) is 12.1 Å². The summed E-state index contributed by atoms with van der Waals surface area (Å²) in [6, 6.07) is 0. The minimum atomic E-state index is 1.54. The van der Waals surface area contributed by atoms with Crippen molar-refractivity contribution in [1.82, 2.24) is 10.5 Å². The molecule has 0 heterocycles. The molecule has 3 N–H and O–H groups in total. The maximum absolute atomic E-state index is 4.89. The Kier molecular flexibility index (Phi) is 2.44. The van der Waals surface area contributed by atoms with Crippen LogP contribution in [0.15, 0.2) is 12.8 Å². The fourth-order valence-corrected chi connectivity index (χ4v) is 0.0527. The molecule has 0 spiro atoms. The zero-order valence-corrected chi connectivity index (χ0v) is 3.81. The van der Waals surface area contributed by atoms with Crippen LogP contribution in [0.3, 0.4) is 0 Å². The molecular formula is C3H9N3. The van der Waals surface area contributed by atoms with Crippen LogP contribution in [0, 0.1) is 0 Å². The lowest BCUT2D eigenvalue weighted by Crippen LogP contribution is -2.35. The molecule has 0 fully saturated rings. The summed E-state index contributed by atoms with van der Waals surface area (Å²) in [5, 5.41) is 1.54. The van der Waals surface area contributed by atoms with Gasteiger partial charge in [0.2, 0.25) is 0 Å². The minimum absolute atomic E-state index is 1.54. The van der Waals surface area contributed by atoms with Gasteiger partial charge in [0.15, 0.2) is 0 Å². The Balaban J connectivity index is 2.96. The van der Waals surface area contributed by atoms with Crippen molar-refractivity contribution in [2.45, 2.75) is 0 Å². The van der Waals surface area contributed by atoms with E-state index in [1.165, 1.54) is 0 Å². The van der Waals surface area contributed by atoms with Crippen LogP contribution >= 0.6 is 0 Å². The van der Waals surface area contributed by atoms with E-state index in [9.17, 15) is 0 Å². The van der Waals surface area contributed by atoms with Crippen LogP contribution in [0.2, 0.25) is 0 Å². The van der Waals surface area contributed by atoms with Gasteiger partial charge < -0.3 is 5.01 Å². The average molecular weight is 87.1 g/mol. The summed E-state index contributed by atoms with van der Waals surface area (Å²) in [5.74, 6) is 4.89. The normalized spacial score (nSPS) is 7.67. The van der Waals surface area contributed by atoms with E-state index in [0.29, 0.717) is 0 Å². The summed E-state index contributed by atoms with van der Waals surface area (Å²) in [4.78, 5) is 0. The first-order valence-electron chi connectivity index (χ1n) is 1.63. The van der Waals surface area contributed by atoms with Gasteiger partial charge in [-0.25, -0.2) is 0 Å². The number of hydrogen-bond donors (Lipinski definition) is 2. The molecule has 0 aliphatic rings. The second-order valence-electron chi connectivity index (χ2n) is 0.923. The highest BCUT2D eigenvalue weighted by molar-refractivity contribution is 4.58. The third-order valence-corrected chi connectivity index (χ3v) is 0.477. The van der Waals surface area contributed by atoms with Gasteiger partial charge in [-0.15, -0.1) is 0 Å². The smallest absolute Gasteiger partial charge is 0.0238 e. The molecule has 0 aromatic rings. The van der Waals surface area contributed by atoms with Crippen LogP contribution in [-0.4, -0.2) is 12.1 Å². The molecule has 6 heavy (non-hydrogen) atoms. The van der Waals surface area contributed by atoms with E-state index in [-0.39, 0.29) is 0 Å². The topological polar surface area (TPSA) is 41.3 Å². The molecule has 0 aliphatic carbocycles. The molecule has 3 nitrogen and oxygen atoms in total. The van der Waals surface area contributed by atoms with E-state index in [0.717, 1.165) is 0 Å². The summed E-state index contributed by atoms with van der Waals surface area (Å²) in [5.41, 5.74) is 2.33. The Morgan fingerprint density at radius 2 is 2.50 bits per heavy atom. The van der Waals surface area contributed by atoms with Crippen molar-refractivity contribution in [3.05, 3.63) is 12.8 Å². The van der Waals surface area contributed by atoms with Gasteiger partial charge in [-0.2, -0.15) is 5.53 Å². The lowest BCUT2D eigenvalue weighted by Gasteiger charge is -2.07. The lowest BCUT2D eigenvalue weighted by molar-refractivity contribution is 0.336. The van der Waals surface area contributed by atoms with Crippen LogP contribution in [0.5, 0.6) is 0 Å². The van der Waals surface area contributed by atoms with E-state index in [4.69, 9.17) is 5.84 Å². The van der Waals surface area contributed by atoms with E-state index in [1.54, 1.807) is 18.3 Å². The fourth-order valence-electron chi connectivity index (χ4n) is 0.0527. The van der Waals surface area contributed by atoms with E-state index < -0.39 is 0 Å². The molecule has 0 bridgehead atoms. The number of hydrogen-bond acceptors (Lipinski definition) is 3. The number of rotatable bonds is 2. The van der Waals surface area contributed by atoms with E-state index >= 15 is 0 Å². The summed E-state index contributed by atoms with van der Waals surface area (Å²) < 4.78 is 0. The van der Waals surface area contributed by atoms with Crippen LogP contribution < -0.4 is 11.4 Å². The highest BCUT2D eigenvalue weighted by Crippen LogP contribution is 1.63. The Bertz CT molecular complexity index is 43.3. The Labute approximate surface area is 37.4 Å². The largest absolute Gasteiger partial charge is 0.306 e. The molecule has 0 saturated heterocycles. The van der Waals surface area contributed by atoms with Gasteiger partial charge in [0.25, 0.3) is 0 Å². The number of hydrazine groups is 2. The Morgan fingerprint density at radius 3 is 2.50 bits per heavy atom. The van der Waals surface area contributed by atoms with Crippen molar-refractivity contribution in [2.75, 3.05) is 7.05 Å². The first kappa shape index (κ1) is 5.46. The molecule has 0 aromatic carbocycles. The fraction of sp³-hybridized carbons (Fsp3) is 0.333. The molecule has 0 saturated carbocycles. The molecule has 36 valence electrons. The molecule has 0 atom stereocenters. The number of nitrogens with two attached hydrogens (primary N) is 1. The summed E-state index contributed by atoms with van der Waals surface area (Å²) in [6.45, 7) is 3.41. The van der Waals surface area contributed by atoms with Gasteiger partial charge in [-0.1, -0.05) is 6.58 Å². The van der Waals surface area contributed by atoms with Crippen molar-refractivity contribution in [2.24, 2.45) is 5.84 Å². The molecule has 0 aliphatic heterocycles. The van der Waals surface area contributed by atoms with Crippen LogP contribution in [0.1, 0.15) is 0 Å². The van der Waals surface area contributed by atoms with Crippen molar-refractivity contribution in [3.8, 4) is 0 Å². The average Bonchev–Trinajstić information content (AvgIpc) is 1.65. The van der Waals surface area contributed by atoms with Gasteiger partial charge in [0.1, 0.15) is 0 Å². The Morgan fingerprint density at radius 1 is 2.00 bits per heavy atom. The van der Waals surface area contributed by atoms with Crippen molar-refractivity contribution in [3.63, 3.8) is 0 Å². The molecule has 0 amide bonds. The van der Waals surface area contributed by atoms with Crippen molar-refractivity contribution >= 4 is 0 Å². The van der Waals surface area contributed by atoms with Gasteiger partial charge in [0, 0.05) is 13.2 Å². The zero-order chi connectivity index (χ0) is 4.99. The monoisotopic (exact) mass is 87.1 g/mol. The molecule has 3 heteroatoms. The maximum atomic E-state index is 4.89. The first-order valence-corrected chi connectivity index (χ1v) is 1.63. The van der Waals surface area contributed by atoms with Gasteiger partial charge in [-0.05, 0) is 0 Å². The molecular weight excluding hydrogens is 78.1 g/mol. The van der Waals surface area contributed by atoms with Gasteiger partial charge >= 0.3 is 0 Å². The minimum Gasteiger partial charge on any atom is -0.306 e. The zero-order valence-electron chi connectivity index (χ0n) is 3.81. The summed E-state index contributed by atoms with van der Waals surface area (Å²) in [6.07, 6.45) is 1.57. The number of nitrogens with one attached hydrogen (secondary N) is 1. The predicted octanol–water partition coefficient (Wildman–Crippen LogP) is -0.560. The second kappa shape index (κ2) is 2.68. The van der Waals surface area contributed by atoms with Crippen LogP contribution in [0.25, 0.3) is 0 Å². The predicted molar refractivity (Wildman–Crippen MR) is 25.3 cm³/mol. The van der Waals surface area contributed by atoms with E-state index in [1.807, 2.05) is 0 Å². The molecule has 0 rings (SSSR count). The van der Waals surface area contributed by atoms with Gasteiger partial charge in [-0.3, -0.25) is 5.84 Å². The maximum Gasteiger partial charge on any atom is 0.0238 e. The molecule has 0 aromatic heterocycles. The SMILES string of the molecule is C=CN(C)NN.